The largest absolute Gasteiger partial charge is 0.456 e. The number of furan rings is 1. The average Bonchev–Trinajstić information content (AvgIpc) is 3.56. The molecular weight excluding hydrogens is 520 g/mol. The zero-order chi connectivity index (χ0) is 34.4. The van der Waals surface area contributed by atoms with Gasteiger partial charge in [-0.15, -0.1) is 0 Å². The van der Waals surface area contributed by atoms with Crippen molar-refractivity contribution in [2.24, 2.45) is 0 Å². The third-order valence-electron chi connectivity index (χ3n) is 8.37. The maximum absolute atomic E-state index is 9.29. The van der Waals surface area contributed by atoms with Crippen molar-refractivity contribution in [1.29, 1.82) is 0 Å². The molecule has 0 fully saturated rings. The first-order chi connectivity index (χ1) is 24.2. The fourth-order valence-electron chi connectivity index (χ4n) is 6.47. The van der Waals surface area contributed by atoms with Crippen LogP contribution in [0.15, 0.2) is 162 Å². The molecule has 0 spiro atoms. The van der Waals surface area contributed by atoms with Crippen LogP contribution in [0.25, 0.3) is 87.6 Å². The molecule has 9 rings (SSSR count). The van der Waals surface area contributed by atoms with Crippen LogP contribution in [-0.2, 0) is 0 Å². The Bertz CT molecular complexity index is 2840. The lowest BCUT2D eigenvalue weighted by Gasteiger charge is -2.18. The van der Waals surface area contributed by atoms with Crippen molar-refractivity contribution in [1.82, 2.24) is 0 Å². The van der Waals surface area contributed by atoms with Crippen LogP contribution in [0.5, 0.6) is 0 Å². The summed E-state index contributed by atoms with van der Waals surface area (Å²) in [5.74, 6) is 0. The predicted octanol–water partition coefficient (Wildman–Crippen LogP) is 12.0. The van der Waals surface area contributed by atoms with E-state index in [0.29, 0.717) is 11.1 Å². The van der Waals surface area contributed by atoms with E-state index in [9.17, 15) is 1.37 Å². The van der Waals surface area contributed by atoms with Gasteiger partial charge in [-0.2, -0.15) is 0 Å². The number of fused-ring (bicyclic) bond motifs is 6. The molecule has 1 heterocycles. The average molecular weight is 554 g/mol. The lowest BCUT2D eigenvalue weighted by Crippen LogP contribution is -1.91. The summed E-state index contributed by atoms with van der Waals surface area (Å²) < 4.78 is 67.0. The molecule has 200 valence electrons. The zero-order valence-corrected chi connectivity index (χ0v) is 22.9. The minimum Gasteiger partial charge on any atom is -0.456 e. The van der Waals surface area contributed by atoms with Gasteiger partial charge in [-0.25, -0.2) is 0 Å². The molecule has 0 aliphatic heterocycles. The second-order valence-electron chi connectivity index (χ2n) is 10.7. The van der Waals surface area contributed by atoms with Crippen LogP contribution >= 0.6 is 0 Å². The molecule has 0 N–H and O–H groups in total. The standard InChI is InChI=1S/C42H26O/c1-2-11-27(12-3-1)28-21-22-30-26-31(24-23-29(30)25-28)40-32-13-4-6-15-34(32)41(35-16-7-5-14-33(35)40)37-18-10-20-39-42(37)36-17-8-9-19-38(36)43-39/h1-26H/i8D,9D,10D,17D,18D,19D,20D. The SMILES string of the molecule is [2H]c1c([2H])c([2H])c2c(oc3c([2H])c([2H])c([2H])c(-c4c5ccccc5c(-c5ccc6cc(-c7ccccc7)ccc6c5)c5ccccc45)c32)c1[2H]. The van der Waals surface area contributed by atoms with E-state index in [4.69, 9.17) is 12.6 Å². The van der Waals surface area contributed by atoms with Crippen molar-refractivity contribution in [3.63, 3.8) is 0 Å². The van der Waals surface area contributed by atoms with E-state index in [-0.39, 0.29) is 52.2 Å². The third-order valence-corrected chi connectivity index (χ3v) is 8.37. The van der Waals surface area contributed by atoms with E-state index in [1.807, 2.05) is 66.7 Å². The van der Waals surface area contributed by atoms with Crippen LogP contribution in [0.4, 0.5) is 0 Å². The highest BCUT2D eigenvalue weighted by Gasteiger charge is 2.20. The minimum atomic E-state index is -0.446. The molecule has 0 aliphatic rings. The Morgan fingerprint density at radius 3 is 1.72 bits per heavy atom. The molecule has 0 unspecified atom stereocenters. The summed E-state index contributed by atoms with van der Waals surface area (Å²) in [6, 6.07) is 36.7. The summed E-state index contributed by atoms with van der Waals surface area (Å²) in [4.78, 5) is 0. The van der Waals surface area contributed by atoms with E-state index in [1.165, 1.54) is 0 Å². The van der Waals surface area contributed by atoms with Gasteiger partial charge in [-0.05, 0) is 89.9 Å². The molecule has 43 heavy (non-hydrogen) atoms. The highest BCUT2D eigenvalue weighted by molar-refractivity contribution is 6.25. The maximum atomic E-state index is 9.29. The smallest absolute Gasteiger partial charge is 0.136 e. The summed E-state index contributed by atoms with van der Waals surface area (Å²) in [6.45, 7) is 0. The van der Waals surface area contributed by atoms with Crippen LogP contribution in [0.1, 0.15) is 9.60 Å². The van der Waals surface area contributed by atoms with Gasteiger partial charge in [0.1, 0.15) is 11.2 Å². The molecule has 0 bridgehead atoms. The van der Waals surface area contributed by atoms with E-state index in [2.05, 4.69) is 48.5 Å². The Labute approximate surface area is 259 Å². The quantitative estimate of drug-likeness (QED) is 0.198. The highest BCUT2D eigenvalue weighted by atomic mass is 16.3. The van der Waals surface area contributed by atoms with Crippen molar-refractivity contribution >= 4 is 54.3 Å². The second-order valence-corrected chi connectivity index (χ2v) is 10.7. The summed E-state index contributed by atoms with van der Waals surface area (Å²) in [7, 11) is 0. The molecule has 9 aromatic rings. The Kier molecular flexibility index (Phi) is 3.95. The Balaban J connectivity index is 1.39. The first-order valence-corrected chi connectivity index (χ1v) is 14.2. The number of hydrogen-bond donors (Lipinski definition) is 0. The van der Waals surface area contributed by atoms with Gasteiger partial charge in [0.05, 0.1) is 9.60 Å². The maximum Gasteiger partial charge on any atom is 0.136 e. The number of benzene rings is 8. The van der Waals surface area contributed by atoms with Gasteiger partial charge in [-0.3, -0.25) is 0 Å². The number of para-hydroxylation sites is 1. The van der Waals surface area contributed by atoms with Crippen LogP contribution in [0.3, 0.4) is 0 Å². The van der Waals surface area contributed by atoms with Crippen molar-refractivity contribution in [3.8, 4) is 33.4 Å². The molecule has 0 amide bonds. The predicted molar refractivity (Wildman–Crippen MR) is 183 cm³/mol. The summed E-state index contributed by atoms with van der Waals surface area (Å²) in [5.41, 5.74) is 5.15. The molecule has 1 nitrogen and oxygen atoms in total. The summed E-state index contributed by atoms with van der Waals surface area (Å²) >= 11 is 0. The molecule has 0 atom stereocenters. The van der Waals surface area contributed by atoms with Gasteiger partial charge < -0.3 is 4.42 Å². The van der Waals surface area contributed by atoms with Gasteiger partial charge in [0.25, 0.3) is 0 Å². The number of rotatable bonds is 3. The molecule has 8 aromatic carbocycles. The van der Waals surface area contributed by atoms with Crippen molar-refractivity contribution in [2.45, 2.75) is 0 Å². The Morgan fingerprint density at radius 1 is 0.419 bits per heavy atom. The van der Waals surface area contributed by atoms with Gasteiger partial charge in [-0.1, -0.05) is 133 Å². The van der Waals surface area contributed by atoms with Crippen molar-refractivity contribution in [2.75, 3.05) is 0 Å². The molecule has 1 heteroatoms. The van der Waals surface area contributed by atoms with Crippen molar-refractivity contribution in [3.05, 3.63) is 158 Å². The molecule has 0 saturated carbocycles. The monoisotopic (exact) mass is 553 g/mol. The minimum absolute atomic E-state index is 0.0374. The van der Waals surface area contributed by atoms with E-state index < -0.39 is 12.1 Å². The normalized spacial score (nSPS) is 14.0. The molecule has 0 saturated heterocycles. The van der Waals surface area contributed by atoms with Crippen LogP contribution in [-0.4, -0.2) is 0 Å². The van der Waals surface area contributed by atoms with E-state index >= 15 is 0 Å². The first kappa shape index (κ1) is 18.0. The van der Waals surface area contributed by atoms with Crippen molar-refractivity contribution < 1.29 is 14.0 Å². The molecule has 0 radical (unpaired) electrons. The van der Waals surface area contributed by atoms with E-state index in [1.54, 1.807) is 0 Å². The van der Waals surface area contributed by atoms with Crippen LogP contribution < -0.4 is 0 Å². The highest BCUT2D eigenvalue weighted by Crippen LogP contribution is 2.47. The van der Waals surface area contributed by atoms with Gasteiger partial charge in [0.15, 0.2) is 0 Å². The first-order valence-electron chi connectivity index (χ1n) is 17.7. The number of hydrogen-bond acceptors (Lipinski definition) is 1. The van der Waals surface area contributed by atoms with Gasteiger partial charge >= 0.3 is 0 Å². The molecule has 0 aliphatic carbocycles. The summed E-state index contributed by atoms with van der Waals surface area (Å²) in [6.07, 6.45) is 0. The second kappa shape index (κ2) is 9.44. The van der Waals surface area contributed by atoms with Gasteiger partial charge in [0, 0.05) is 10.8 Å². The molecule has 1 aromatic heterocycles. The lowest BCUT2D eigenvalue weighted by atomic mass is 9.84. The third kappa shape index (κ3) is 3.72. The lowest BCUT2D eigenvalue weighted by molar-refractivity contribution is 0.669. The van der Waals surface area contributed by atoms with Crippen LogP contribution in [0.2, 0.25) is 0 Å². The Morgan fingerprint density at radius 2 is 1.00 bits per heavy atom. The topological polar surface area (TPSA) is 13.1 Å². The fourth-order valence-corrected chi connectivity index (χ4v) is 6.47. The van der Waals surface area contributed by atoms with Crippen LogP contribution in [0, 0.1) is 0 Å². The molecular formula is C42H26O. The fraction of sp³-hybridized carbons (Fsp3) is 0. The zero-order valence-electron chi connectivity index (χ0n) is 29.9. The summed E-state index contributed by atoms with van der Waals surface area (Å²) in [5, 5.41) is 6.02. The Hall–Kier alpha value is -5.66. The van der Waals surface area contributed by atoms with E-state index in [0.717, 1.165) is 54.6 Å². The van der Waals surface area contributed by atoms with Gasteiger partial charge in [0.2, 0.25) is 0 Å².